The van der Waals surface area contributed by atoms with E-state index in [4.69, 9.17) is 4.89 Å². The SMILES string of the molecule is C=Cc1ccccc1.CCO[P+](=O)O. The Labute approximate surface area is 85.0 Å². The minimum absolute atomic E-state index is 0.297. The lowest BCUT2D eigenvalue weighted by molar-refractivity contribution is 0.297. The Kier molecular flexibility index (Phi) is 7.95. The van der Waals surface area contributed by atoms with Gasteiger partial charge >= 0.3 is 8.25 Å². The highest BCUT2D eigenvalue weighted by Gasteiger charge is 2.06. The Bertz CT molecular complexity index is 272. The molecule has 0 saturated carbocycles. The first-order valence-electron chi connectivity index (χ1n) is 4.17. The van der Waals surface area contributed by atoms with Gasteiger partial charge in [0, 0.05) is 4.57 Å². The van der Waals surface area contributed by atoms with E-state index >= 15 is 0 Å². The van der Waals surface area contributed by atoms with E-state index in [-0.39, 0.29) is 0 Å². The Hall–Kier alpha value is -1.02. The second kappa shape index (κ2) is 8.57. The molecule has 0 heterocycles. The van der Waals surface area contributed by atoms with Crippen molar-refractivity contribution in [3.05, 3.63) is 42.5 Å². The molecule has 0 bridgehead atoms. The molecule has 0 spiro atoms. The van der Waals surface area contributed by atoms with Crippen molar-refractivity contribution < 1.29 is 14.0 Å². The third-order valence-electron chi connectivity index (χ3n) is 1.27. The minimum Gasteiger partial charge on any atom is -0.133 e. The van der Waals surface area contributed by atoms with Crippen LogP contribution in [0.2, 0.25) is 0 Å². The fraction of sp³-hybridized carbons (Fsp3) is 0.200. The van der Waals surface area contributed by atoms with Crippen molar-refractivity contribution in [3.8, 4) is 0 Å². The second-order valence-corrected chi connectivity index (χ2v) is 3.00. The molecule has 0 fully saturated rings. The van der Waals surface area contributed by atoms with Gasteiger partial charge in [-0.25, -0.2) is 0 Å². The van der Waals surface area contributed by atoms with Gasteiger partial charge in [0.1, 0.15) is 6.61 Å². The van der Waals surface area contributed by atoms with Gasteiger partial charge in [0.05, 0.1) is 0 Å². The summed E-state index contributed by atoms with van der Waals surface area (Å²) in [6.45, 7) is 5.58. The van der Waals surface area contributed by atoms with Gasteiger partial charge < -0.3 is 0 Å². The molecule has 0 saturated heterocycles. The van der Waals surface area contributed by atoms with Crippen LogP contribution in [0.1, 0.15) is 12.5 Å². The molecule has 4 heteroatoms. The van der Waals surface area contributed by atoms with Gasteiger partial charge in [-0.2, -0.15) is 0 Å². The Balaban J connectivity index is 0.000000255. The molecule has 1 aromatic carbocycles. The maximum atomic E-state index is 9.53. The molecule has 14 heavy (non-hydrogen) atoms. The van der Waals surface area contributed by atoms with E-state index in [1.807, 2.05) is 36.4 Å². The minimum atomic E-state index is -2.35. The number of benzene rings is 1. The lowest BCUT2D eigenvalue weighted by Gasteiger charge is -1.85. The van der Waals surface area contributed by atoms with Crippen LogP contribution in [0.15, 0.2) is 36.9 Å². The number of rotatable bonds is 3. The fourth-order valence-corrected chi connectivity index (χ4v) is 0.920. The zero-order valence-electron chi connectivity index (χ0n) is 8.09. The second-order valence-electron chi connectivity index (χ2n) is 2.27. The lowest BCUT2D eigenvalue weighted by Crippen LogP contribution is -1.72. The van der Waals surface area contributed by atoms with Gasteiger partial charge in [-0.3, -0.25) is 0 Å². The lowest BCUT2D eigenvalue weighted by atomic mass is 10.2. The first-order valence-corrected chi connectivity index (χ1v) is 5.30. The summed E-state index contributed by atoms with van der Waals surface area (Å²) in [5.41, 5.74) is 1.17. The normalized spacial score (nSPS) is 9.71. The van der Waals surface area contributed by atoms with E-state index in [1.54, 1.807) is 6.92 Å². The van der Waals surface area contributed by atoms with Crippen molar-refractivity contribution in [3.63, 3.8) is 0 Å². The highest BCUT2D eigenvalue weighted by Crippen LogP contribution is 2.12. The molecule has 1 rings (SSSR count). The topological polar surface area (TPSA) is 46.5 Å². The third-order valence-corrected chi connectivity index (χ3v) is 1.75. The average molecular weight is 213 g/mol. The van der Waals surface area contributed by atoms with Crippen molar-refractivity contribution in [2.24, 2.45) is 0 Å². The summed E-state index contributed by atoms with van der Waals surface area (Å²) in [5.74, 6) is 0. The van der Waals surface area contributed by atoms with Crippen molar-refractivity contribution in [1.82, 2.24) is 0 Å². The zero-order valence-corrected chi connectivity index (χ0v) is 8.98. The smallest absolute Gasteiger partial charge is 0.133 e. The molecule has 0 amide bonds. The number of hydrogen-bond donors (Lipinski definition) is 1. The Morgan fingerprint density at radius 3 is 2.29 bits per heavy atom. The van der Waals surface area contributed by atoms with E-state index in [0.717, 1.165) is 0 Å². The summed E-state index contributed by atoms with van der Waals surface area (Å²) in [7, 11) is -2.35. The number of hydrogen-bond acceptors (Lipinski definition) is 2. The summed E-state index contributed by atoms with van der Waals surface area (Å²) in [6.07, 6.45) is 1.83. The largest absolute Gasteiger partial charge is 0.694 e. The molecule has 1 aromatic rings. The molecule has 0 aliphatic heterocycles. The van der Waals surface area contributed by atoms with Crippen molar-refractivity contribution >= 4 is 14.3 Å². The van der Waals surface area contributed by atoms with E-state index in [9.17, 15) is 4.57 Å². The molecule has 3 nitrogen and oxygen atoms in total. The monoisotopic (exact) mass is 213 g/mol. The van der Waals surface area contributed by atoms with Crippen LogP contribution in [-0.4, -0.2) is 11.5 Å². The predicted molar refractivity (Wildman–Crippen MR) is 58.0 cm³/mol. The van der Waals surface area contributed by atoms with Crippen LogP contribution >= 0.6 is 8.25 Å². The maximum absolute atomic E-state index is 9.53. The van der Waals surface area contributed by atoms with Gasteiger partial charge in [0.15, 0.2) is 0 Å². The van der Waals surface area contributed by atoms with Crippen LogP contribution < -0.4 is 0 Å². The van der Waals surface area contributed by atoms with E-state index in [2.05, 4.69) is 11.1 Å². The van der Waals surface area contributed by atoms with Gasteiger partial charge in [-0.1, -0.05) is 43.0 Å². The van der Waals surface area contributed by atoms with Crippen molar-refractivity contribution in [2.75, 3.05) is 6.61 Å². The molecule has 0 aliphatic rings. The van der Waals surface area contributed by atoms with Crippen LogP contribution in [-0.2, 0) is 9.09 Å². The molecular formula is C10H14O3P+. The highest BCUT2D eigenvalue weighted by atomic mass is 31.1. The van der Waals surface area contributed by atoms with Crippen molar-refractivity contribution in [1.29, 1.82) is 0 Å². The summed E-state index contributed by atoms with van der Waals surface area (Å²) < 4.78 is 13.6. The van der Waals surface area contributed by atoms with Crippen molar-refractivity contribution in [2.45, 2.75) is 6.92 Å². The average Bonchev–Trinajstić information content (AvgIpc) is 2.20. The highest BCUT2D eigenvalue weighted by molar-refractivity contribution is 7.32. The molecule has 76 valence electrons. The molecule has 0 aliphatic carbocycles. The van der Waals surface area contributed by atoms with Gasteiger partial charge in [0.2, 0.25) is 0 Å². The van der Waals surface area contributed by atoms with E-state index in [1.165, 1.54) is 5.56 Å². The molecule has 1 unspecified atom stereocenters. The summed E-state index contributed by atoms with van der Waals surface area (Å²) >= 11 is 0. The molecular weight excluding hydrogens is 199 g/mol. The van der Waals surface area contributed by atoms with Crippen LogP contribution in [0.4, 0.5) is 0 Å². The van der Waals surface area contributed by atoms with Gasteiger partial charge in [-0.05, 0) is 12.5 Å². The van der Waals surface area contributed by atoms with Crippen LogP contribution in [0, 0.1) is 0 Å². The van der Waals surface area contributed by atoms with Crippen LogP contribution in [0.25, 0.3) is 6.08 Å². The van der Waals surface area contributed by atoms with Gasteiger partial charge in [-0.15, -0.1) is 9.42 Å². The zero-order chi connectivity index (χ0) is 10.8. The van der Waals surface area contributed by atoms with Crippen LogP contribution in [0.5, 0.6) is 0 Å². The molecule has 1 atom stereocenters. The third kappa shape index (κ3) is 7.62. The quantitative estimate of drug-likeness (QED) is 0.785. The summed E-state index contributed by atoms with van der Waals surface area (Å²) in [5, 5.41) is 0. The Morgan fingerprint density at radius 1 is 1.50 bits per heavy atom. The van der Waals surface area contributed by atoms with E-state index in [0.29, 0.717) is 6.61 Å². The fourth-order valence-electron chi connectivity index (χ4n) is 0.700. The first kappa shape index (κ1) is 13.0. The summed E-state index contributed by atoms with van der Waals surface area (Å²) in [6, 6.07) is 10.0. The maximum Gasteiger partial charge on any atom is 0.694 e. The standard InChI is InChI=1S/C8H8.C2H5O3P/c1-2-8-6-4-3-5-7-8;1-2-5-6(3)4/h2-7H,1H2;2H2,1H3/p+1. The molecule has 1 N–H and O–H groups in total. The first-order chi connectivity index (χ1) is 6.70. The Morgan fingerprint density at radius 2 is 2.07 bits per heavy atom. The van der Waals surface area contributed by atoms with Gasteiger partial charge in [0.25, 0.3) is 0 Å². The van der Waals surface area contributed by atoms with Crippen LogP contribution in [0.3, 0.4) is 0 Å². The molecule has 0 radical (unpaired) electrons. The van der Waals surface area contributed by atoms with E-state index < -0.39 is 8.25 Å². The predicted octanol–water partition coefficient (Wildman–Crippen LogP) is 3.00. The molecule has 0 aromatic heterocycles. The summed E-state index contributed by atoms with van der Waals surface area (Å²) in [4.78, 5) is 7.84.